The van der Waals surface area contributed by atoms with Crippen LogP contribution in [0.2, 0.25) is 0 Å². The first-order valence-electron chi connectivity index (χ1n) is 4.27. The van der Waals surface area contributed by atoms with E-state index >= 15 is 0 Å². The van der Waals surface area contributed by atoms with Crippen molar-refractivity contribution < 1.29 is 9.90 Å². The molecule has 0 saturated carbocycles. The molecule has 0 saturated heterocycles. The van der Waals surface area contributed by atoms with Gasteiger partial charge in [-0.1, -0.05) is 6.92 Å². The molecule has 0 spiro atoms. The molecule has 0 aromatic carbocycles. The molecule has 1 aromatic heterocycles. The van der Waals surface area contributed by atoms with Gasteiger partial charge in [0.1, 0.15) is 0 Å². The van der Waals surface area contributed by atoms with Crippen LogP contribution in [0.1, 0.15) is 35.6 Å². The SMILES string of the molecule is CCC(CC(=O)O)c1cnc(C)s1. The Labute approximate surface area is 81.4 Å². The number of rotatable bonds is 4. The molecule has 72 valence electrons. The maximum atomic E-state index is 10.5. The van der Waals surface area contributed by atoms with Crippen LogP contribution in [-0.2, 0) is 4.79 Å². The second-order valence-corrected chi connectivity index (χ2v) is 4.25. The number of carboxylic acids is 1. The summed E-state index contributed by atoms with van der Waals surface area (Å²) in [5, 5.41) is 9.67. The molecule has 3 nitrogen and oxygen atoms in total. The van der Waals surface area contributed by atoms with Crippen molar-refractivity contribution >= 4 is 17.3 Å². The average Bonchev–Trinajstić information content (AvgIpc) is 2.47. The van der Waals surface area contributed by atoms with E-state index in [-0.39, 0.29) is 12.3 Å². The molecule has 0 radical (unpaired) electrons. The minimum Gasteiger partial charge on any atom is -0.481 e. The molecule has 0 aliphatic rings. The van der Waals surface area contributed by atoms with Crippen molar-refractivity contribution in [2.45, 2.75) is 32.6 Å². The van der Waals surface area contributed by atoms with Gasteiger partial charge >= 0.3 is 5.97 Å². The summed E-state index contributed by atoms with van der Waals surface area (Å²) in [6.07, 6.45) is 2.85. The zero-order chi connectivity index (χ0) is 9.84. The molecule has 13 heavy (non-hydrogen) atoms. The highest BCUT2D eigenvalue weighted by molar-refractivity contribution is 7.11. The molecule has 0 aliphatic heterocycles. The molecular weight excluding hydrogens is 186 g/mol. The monoisotopic (exact) mass is 199 g/mol. The van der Waals surface area contributed by atoms with Crippen molar-refractivity contribution in [1.29, 1.82) is 0 Å². The second kappa shape index (κ2) is 4.37. The molecule has 1 unspecified atom stereocenters. The van der Waals surface area contributed by atoms with E-state index in [9.17, 15) is 4.79 Å². The maximum Gasteiger partial charge on any atom is 0.303 e. The van der Waals surface area contributed by atoms with Crippen molar-refractivity contribution in [2.24, 2.45) is 0 Å². The Bertz CT molecular complexity index is 296. The first-order chi connectivity index (χ1) is 6.13. The van der Waals surface area contributed by atoms with Gasteiger partial charge in [-0.3, -0.25) is 4.79 Å². The second-order valence-electron chi connectivity index (χ2n) is 2.98. The molecule has 1 heterocycles. The van der Waals surface area contributed by atoms with Gasteiger partial charge in [0.25, 0.3) is 0 Å². The highest BCUT2D eigenvalue weighted by Gasteiger charge is 2.15. The number of hydrogen-bond acceptors (Lipinski definition) is 3. The van der Waals surface area contributed by atoms with Crippen LogP contribution in [0.5, 0.6) is 0 Å². The maximum absolute atomic E-state index is 10.5. The predicted molar refractivity (Wildman–Crippen MR) is 52.1 cm³/mol. The van der Waals surface area contributed by atoms with Crippen LogP contribution in [-0.4, -0.2) is 16.1 Å². The van der Waals surface area contributed by atoms with E-state index in [4.69, 9.17) is 5.11 Å². The highest BCUT2D eigenvalue weighted by atomic mass is 32.1. The number of aromatic nitrogens is 1. The smallest absolute Gasteiger partial charge is 0.303 e. The van der Waals surface area contributed by atoms with E-state index in [1.807, 2.05) is 13.8 Å². The van der Waals surface area contributed by atoms with E-state index in [1.54, 1.807) is 17.5 Å². The zero-order valence-corrected chi connectivity index (χ0v) is 8.60. The molecule has 0 fully saturated rings. The van der Waals surface area contributed by atoms with Crippen LogP contribution in [0.25, 0.3) is 0 Å². The van der Waals surface area contributed by atoms with E-state index < -0.39 is 5.97 Å². The fourth-order valence-electron chi connectivity index (χ4n) is 1.22. The van der Waals surface area contributed by atoms with Crippen molar-refractivity contribution in [3.63, 3.8) is 0 Å². The summed E-state index contributed by atoms with van der Waals surface area (Å²) in [5.41, 5.74) is 0. The normalized spacial score (nSPS) is 12.8. The number of nitrogens with zero attached hydrogens (tertiary/aromatic N) is 1. The minimum atomic E-state index is -0.738. The average molecular weight is 199 g/mol. The fourth-order valence-corrected chi connectivity index (χ4v) is 2.19. The predicted octanol–water partition coefficient (Wildman–Crippen LogP) is 2.42. The largest absolute Gasteiger partial charge is 0.481 e. The van der Waals surface area contributed by atoms with Gasteiger partial charge in [0.15, 0.2) is 0 Å². The van der Waals surface area contributed by atoms with E-state index in [2.05, 4.69) is 4.98 Å². The van der Waals surface area contributed by atoms with Gasteiger partial charge in [0, 0.05) is 17.0 Å². The van der Waals surface area contributed by atoms with Crippen LogP contribution in [0.3, 0.4) is 0 Å². The summed E-state index contributed by atoms with van der Waals surface area (Å²) >= 11 is 1.59. The number of aryl methyl sites for hydroxylation is 1. The van der Waals surface area contributed by atoms with Crippen LogP contribution >= 0.6 is 11.3 Å². The molecule has 1 atom stereocenters. The minimum absolute atomic E-state index is 0.128. The number of carboxylic acid groups (broad SMARTS) is 1. The van der Waals surface area contributed by atoms with Crippen LogP contribution in [0, 0.1) is 6.92 Å². The van der Waals surface area contributed by atoms with E-state index in [1.165, 1.54) is 0 Å². The summed E-state index contributed by atoms with van der Waals surface area (Å²) in [4.78, 5) is 15.7. The fraction of sp³-hybridized carbons (Fsp3) is 0.556. The van der Waals surface area contributed by atoms with Crippen LogP contribution < -0.4 is 0 Å². The lowest BCUT2D eigenvalue weighted by Crippen LogP contribution is -2.03. The number of hydrogen-bond donors (Lipinski definition) is 1. The Morgan fingerprint density at radius 2 is 2.46 bits per heavy atom. The van der Waals surface area contributed by atoms with Gasteiger partial charge in [-0.2, -0.15) is 0 Å². The van der Waals surface area contributed by atoms with Gasteiger partial charge in [0.05, 0.1) is 11.4 Å². The molecule has 1 aromatic rings. The van der Waals surface area contributed by atoms with Crippen molar-refractivity contribution in [1.82, 2.24) is 4.98 Å². The zero-order valence-electron chi connectivity index (χ0n) is 7.78. The summed E-state index contributed by atoms with van der Waals surface area (Å²) in [7, 11) is 0. The van der Waals surface area contributed by atoms with Crippen molar-refractivity contribution in [3.05, 3.63) is 16.1 Å². The molecule has 0 aliphatic carbocycles. The Morgan fingerprint density at radius 3 is 2.85 bits per heavy atom. The Morgan fingerprint density at radius 1 is 1.77 bits per heavy atom. The quantitative estimate of drug-likeness (QED) is 0.810. The lowest BCUT2D eigenvalue weighted by atomic mass is 10.0. The Kier molecular flexibility index (Phi) is 3.42. The summed E-state index contributed by atoms with van der Waals surface area (Å²) in [6.45, 7) is 3.93. The molecule has 0 amide bonds. The molecule has 0 bridgehead atoms. The summed E-state index contributed by atoms with van der Waals surface area (Å²) < 4.78 is 0. The molecule has 1 N–H and O–H groups in total. The Balaban J connectivity index is 2.72. The van der Waals surface area contributed by atoms with Gasteiger partial charge < -0.3 is 5.11 Å². The molecular formula is C9H13NO2S. The van der Waals surface area contributed by atoms with Crippen molar-refractivity contribution in [3.8, 4) is 0 Å². The van der Waals surface area contributed by atoms with Crippen LogP contribution in [0.4, 0.5) is 0 Å². The summed E-state index contributed by atoms with van der Waals surface area (Å²) in [5.74, 6) is -0.610. The number of carbonyl (C=O) groups is 1. The Hall–Kier alpha value is -0.900. The third-order valence-corrected chi connectivity index (χ3v) is 3.03. The number of aliphatic carboxylic acids is 1. The van der Waals surface area contributed by atoms with Gasteiger partial charge in [-0.15, -0.1) is 11.3 Å². The summed E-state index contributed by atoms with van der Waals surface area (Å²) in [6, 6.07) is 0. The third-order valence-electron chi connectivity index (χ3n) is 1.96. The van der Waals surface area contributed by atoms with Gasteiger partial charge in [-0.05, 0) is 13.3 Å². The van der Waals surface area contributed by atoms with Gasteiger partial charge in [-0.25, -0.2) is 4.98 Å². The van der Waals surface area contributed by atoms with Gasteiger partial charge in [0.2, 0.25) is 0 Å². The highest BCUT2D eigenvalue weighted by Crippen LogP contribution is 2.27. The first-order valence-corrected chi connectivity index (χ1v) is 5.09. The molecule has 1 rings (SSSR count). The topological polar surface area (TPSA) is 50.2 Å². The molecule has 4 heteroatoms. The lowest BCUT2D eigenvalue weighted by Gasteiger charge is -2.08. The van der Waals surface area contributed by atoms with E-state index in [0.717, 1.165) is 16.3 Å². The van der Waals surface area contributed by atoms with Crippen LogP contribution in [0.15, 0.2) is 6.20 Å². The lowest BCUT2D eigenvalue weighted by molar-refractivity contribution is -0.137. The third kappa shape index (κ3) is 2.81. The van der Waals surface area contributed by atoms with Crippen molar-refractivity contribution in [2.75, 3.05) is 0 Å². The standard InChI is InChI=1S/C9H13NO2S/c1-3-7(4-9(11)12)8-5-10-6(2)13-8/h5,7H,3-4H2,1-2H3,(H,11,12). The first kappa shape index (κ1) is 10.2. The van der Waals surface area contributed by atoms with E-state index in [0.29, 0.717) is 0 Å². The number of thiazole rings is 1.